The summed E-state index contributed by atoms with van der Waals surface area (Å²) in [7, 11) is 0. The summed E-state index contributed by atoms with van der Waals surface area (Å²) in [4.78, 5) is 12.0. The highest BCUT2D eigenvalue weighted by Gasteiger charge is 2.22. The number of fused-ring (bicyclic) bond motifs is 1. The van der Waals surface area contributed by atoms with Gasteiger partial charge in [-0.15, -0.1) is 11.3 Å². The van der Waals surface area contributed by atoms with E-state index in [1.807, 2.05) is 33.8 Å². The lowest BCUT2D eigenvalue weighted by atomic mass is 10.2. The number of aromatic nitrogens is 2. The molecule has 0 aliphatic carbocycles. The largest absolute Gasteiger partial charge is 0.442 e. The molecule has 0 spiro atoms. The van der Waals surface area contributed by atoms with Crippen LogP contribution in [0.2, 0.25) is 0 Å². The third-order valence-corrected chi connectivity index (χ3v) is 3.79. The number of ether oxygens (including phenoxy) is 1. The molecule has 0 aromatic carbocycles. The van der Waals surface area contributed by atoms with Gasteiger partial charge in [0.05, 0.1) is 19.7 Å². The topological polar surface area (TPSA) is 44.1 Å². The van der Waals surface area contributed by atoms with Gasteiger partial charge in [0.1, 0.15) is 5.60 Å². The number of aryl methyl sites for hydroxylation is 1. The Balaban J connectivity index is 2.45. The standard InChI is InChI=1S/C11H13BrN2O2S/c1-6-9-7(5-8(12)17-9)14(13-6)10(15)16-11(2,3)4/h5H,1-4H3. The number of nitrogens with zero attached hydrogens (tertiary/aromatic N) is 2. The molecule has 0 radical (unpaired) electrons. The molecule has 2 heterocycles. The number of halogens is 1. The summed E-state index contributed by atoms with van der Waals surface area (Å²) in [6, 6.07) is 1.88. The lowest BCUT2D eigenvalue weighted by molar-refractivity contribution is 0.0522. The second kappa shape index (κ2) is 4.10. The lowest BCUT2D eigenvalue weighted by Crippen LogP contribution is -2.27. The van der Waals surface area contributed by atoms with Crippen molar-refractivity contribution < 1.29 is 9.53 Å². The van der Waals surface area contributed by atoms with Crippen LogP contribution in [0.1, 0.15) is 26.5 Å². The fourth-order valence-corrected chi connectivity index (χ4v) is 2.97. The first kappa shape index (κ1) is 12.6. The normalized spacial score (nSPS) is 12.1. The van der Waals surface area contributed by atoms with Crippen LogP contribution in [0.4, 0.5) is 4.79 Å². The Morgan fingerprint density at radius 3 is 2.76 bits per heavy atom. The molecule has 2 aromatic heterocycles. The van der Waals surface area contributed by atoms with Gasteiger partial charge in [-0.25, -0.2) is 4.79 Å². The fraction of sp³-hybridized carbons (Fsp3) is 0.455. The average Bonchev–Trinajstić information content (AvgIpc) is 2.63. The molecule has 0 saturated heterocycles. The fourth-order valence-electron chi connectivity index (χ4n) is 1.46. The van der Waals surface area contributed by atoms with Gasteiger partial charge in [0.25, 0.3) is 0 Å². The molecular formula is C11H13BrN2O2S. The number of rotatable bonds is 0. The molecule has 0 amide bonds. The van der Waals surface area contributed by atoms with Gasteiger partial charge in [0.15, 0.2) is 0 Å². The molecule has 4 nitrogen and oxygen atoms in total. The summed E-state index contributed by atoms with van der Waals surface area (Å²) in [5, 5.41) is 4.21. The Labute approximate surface area is 112 Å². The van der Waals surface area contributed by atoms with E-state index in [0.717, 1.165) is 19.7 Å². The van der Waals surface area contributed by atoms with Gasteiger partial charge in [-0.2, -0.15) is 9.78 Å². The van der Waals surface area contributed by atoms with Crippen molar-refractivity contribution in [3.8, 4) is 0 Å². The summed E-state index contributed by atoms with van der Waals surface area (Å²) in [6.45, 7) is 7.39. The number of hydrogen-bond acceptors (Lipinski definition) is 4. The minimum Gasteiger partial charge on any atom is -0.442 e. The van der Waals surface area contributed by atoms with Crippen molar-refractivity contribution in [3.05, 3.63) is 15.5 Å². The number of hydrogen-bond donors (Lipinski definition) is 0. The van der Waals surface area contributed by atoms with E-state index in [9.17, 15) is 4.79 Å². The van der Waals surface area contributed by atoms with Gasteiger partial charge in [-0.3, -0.25) is 0 Å². The average molecular weight is 317 g/mol. The molecule has 0 fully saturated rings. The van der Waals surface area contributed by atoms with Crippen molar-refractivity contribution in [1.29, 1.82) is 0 Å². The molecule has 0 aliphatic rings. The molecule has 6 heteroatoms. The van der Waals surface area contributed by atoms with Crippen molar-refractivity contribution >= 4 is 43.6 Å². The van der Waals surface area contributed by atoms with Crippen LogP contribution in [-0.2, 0) is 4.74 Å². The van der Waals surface area contributed by atoms with Crippen molar-refractivity contribution in [2.75, 3.05) is 0 Å². The maximum Gasteiger partial charge on any atom is 0.435 e. The summed E-state index contributed by atoms with van der Waals surface area (Å²) in [6.07, 6.45) is -0.444. The molecule has 2 aromatic rings. The SMILES string of the molecule is Cc1nn(C(=O)OC(C)(C)C)c2cc(Br)sc12. The first-order chi connectivity index (χ1) is 7.78. The Bertz CT molecular complexity index is 580. The van der Waals surface area contributed by atoms with Crippen molar-refractivity contribution in [2.45, 2.75) is 33.3 Å². The van der Waals surface area contributed by atoms with Crippen LogP contribution in [-0.4, -0.2) is 21.5 Å². The van der Waals surface area contributed by atoms with Crippen LogP contribution in [0, 0.1) is 6.92 Å². The van der Waals surface area contributed by atoms with E-state index in [-0.39, 0.29) is 0 Å². The third kappa shape index (κ3) is 2.52. The van der Waals surface area contributed by atoms with Crippen molar-refractivity contribution in [2.24, 2.45) is 0 Å². The van der Waals surface area contributed by atoms with Crippen LogP contribution in [0.3, 0.4) is 0 Å². The van der Waals surface area contributed by atoms with Crippen LogP contribution in [0.5, 0.6) is 0 Å². The van der Waals surface area contributed by atoms with Crippen LogP contribution in [0.15, 0.2) is 9.85 Å². The first-order valence-corrected chi connectivity index (χ1v) is 6.77. The van der Waals surface area contributed by atoms with Gasteiger partial charge >= 0.3 is 6.09 Å². The molecule has 0 aliphatic heterocycles. The Morgan fingerprint density at radius 1 is 1.53 bits per heavy atom. The predicted octanol–water partition coefficient (Wildman–Crippen LogP) is 3.95. The minimum atomic E-state index is -0.517. The van der Waals surface area contributed by atoms with E-state index in [2.05, 4.69) is 21.0 Å². The quantitative estimate of drug-likeness (QED) is 0.739. The molecule has 0 unspecified atom stereocenters. The van der Waals surface area contributed by atoms with Crippen LogP contribution < -0.4 is 0 Å². The van der Waals surface area contributed by atoms with Crippen LogP contribution in [0.25, 0.3) is 10.2 Å². The smallest absolute Gasteiger partial charge is 0.435 e. The highest BCUT2D eigenvalue weighted by Crippen LogP contribution is 2.32. The van der Waals surface area contributed by atoms with Crippen molar-refractivity contribution in [1.82, 2.24) is 9.78 Å². The van der Waals surface area contributed by atoms with E-state index in [4.69, 9.17) is 4.74 Å². The van der Waals surface area contributed by atoms with Crippen LogP contribution >= 0.6 is 27.3 Å². The van der Waals surface area contributed by atoms with Gasteiger partial charge in [0, 0.05) is 0 Å². The minimum absolute atomic E-state index is 0.444. The van der Waals surface area contributed by atoms with E-state index in [0.29, 0.717) is 0 Å². The van der Waals surface area contributed by atoms with Gasteiger partial charge in [0.2, 0.25) is 0 Å². The second-order valence-corrected chi connectivity index (χ2v) is 7.17. The molecule has 0 bridgehead atoms. The number of carbonyl (C=O) groups is 1. The lowest BCUT2D eigenvalue weighted by Gasteiger charge is -2.18. The molecular weight excluding hydrogens is 304 g/mol. The molecule has 0 saturated carbocycles. The van der Waals surface area contributed by atoms with Gasteiger partial charge in [-0.1, -0.05) is 0 Å². The van der Waals surface area contributed by atoms with Gasteiger partial charge < -0.3 is 4.74 Å². The molecule has 0 N–H and O–H groups in total. The highest BCUT2D eigenvalue weighted by atomic mass is 79.9. The maximum absolute atomic E-state index is 12.0. The maximum atomic E-state index is 12.0. The summed E-state index contributed by atoms with van der Waals surface area (Å²) >= 11 is 4.97. The van der Waals surface area contributed by atoms with E-state index < -0.39 is 11.7 Å². The first-order valence-electron chi connectivity index (χ1n) is 5.16. The number of carbonyl (C=O) groups excluding carboxylic acids is 1. The monoisotopic (exact) mass is 316 g/mol. The Morgan fingerprint density at radius 2 is 2.18 bits per heavy atom. The summed E-state index contributed by atoms with van der Waals surface area (Å²) < 4.78 is 8.60. The summed E-state index contributed by atoms with van der Waals surface area (Å²) in [5.41, 5.74) is 1.10. The van der Waals surface area contributed by atoms with E-state index in [1.165, 1.54) is 4.68 Å². The molecule has 2 rings (SSSR count). The zero-order valence-corrected chi connectivity index (χ0v) is 12.5. The predicted molar refractivity (Wildman–Crippen MR) is 71.7 cm³/mol. The highest BCUT2D eigenvalue weighted by molar-refractivity contribution is 9.11. The molecule has 92 valence electrons. The zero-order chi connectivity index (χ0) is 12.8. The van der Waals surface area contributed by atoms with E-state index in [1.54, 1.807) is 11.3 Å². The molecule has 17 heavy (non-hydrogen) atoms. The molecule has 0 atom stereocenters. The van der Waals surface area contributed by atoms with Crippen molar-refractivity contribution in [3.63, 3.8) is 0 Å². The number of thiophene rings is 1. The van der Waals surface area contributed by atoms with Gasteiger partial charge in [-0.05, 0) is 49.7 Å². The van der Waals surface area contributed by atoms with E-state index >= 15 is 0 Å². The summed E-state index contributed by atoms with van der Waals surface area (Å²) in [5.74, 6) is 0. The zero-order valence-electron chi connectivity index (χ0n) is 10.1. The third-order valence-electron chi connectivity index (χ3n) is 2.06. The second-order valence-electron chi connectivity index (χ2n) is 4.74. The Hall–Kier alpha value is -0.880. The Kier molecular flexibility index (Phi) is 3.03.